The van der Waals surface area contributed by atoms with Crippen molar-refractivity contribution in [2.75, 3.05) is 20.8 Å². The van der Waals surface area contributed by atoms with Gasteiger partial charge in [0.05, 0.1) is 11.8 Å². The number of nitrogens with one attached hydrogen (secondary N) is 1. The minimum atomic E-state index is -3.11. The van der Waals surface area contributed by atoms with E-state index in [4.69, 9.17) is 9.47 Å². The third-order valence-corrected chi connectivity index (χ3v) is 3.86. The molecule has 13 heavy (non-hydrogen) atoms. The van der Waals surface area contributed by atoms with Crippen molar-refractivity contribution in [1.82, 2.24) is 4.72 Å². The first kappa shape index (κ1) is 10.9. The Morgan fingerprint density at radius 3 is 2.31 bits per heavy atom. The van der Waals surface area contributed by atoms with Gasteiger partial charge in [-0.3, -0.25) is 0 Å². The van der Waals surface area contributed by atoms with E-state index in [0.717, 1.165) is 12.8 Å². The van der Waals surface area contributed by atoms with Crippen molar-refractivity contribution < 1.29 is 17.9 Å². The fraction of sp³-hybridized carbons (Fsp3) is 1.00. The van der Waals surface area contributed by atoms with Gasteiger partial charge in [-0.15, -0.1) is 0 Å². The highest BCUT2D eigenvalue weighted by molar-refractivity contribution is 7.90. The van der Waals surface area contributed by atoms with Gasteiger partial charge >= 0.3 is 0 Å². The molecule has 0 bridgehead atoms. The van der Waals surface area contributed by atoms with E-state index in [1.165, 1.54) is 14.2 Å². The quantitative estimate of drug-likeness (QED) is 0.609. The zero-order chi connectivity index (χ0) is 9.90. The van der Waals surface area contributed by atoms with Gasteiger partial charge in [0.25, 0.3) is 0 Å². The predicted octanol–water partition coefficient (Wildman–Crippen LogP) is -0.313. The Bertz CT molecular complexity index is 243. The number of sulfonamides is 1. The van der Waals surface area contributed by atoms with Gasteiger partial charge in [0.1, 0.15) is 0 Å². The van der Waals surface area contributed by atoms with Crippen molar-refractivity contribution in [2.24, 2.45) is 0 Å². The van der Waals surface area contributed by atoms with Crippen LogP contribution in [0.5, 0.6) is 0 Å². The van der Waals surface area contributed by atoms with Crippen LogP contribution in [0, 0.1) is 0 Å². The van der Waals surface area contributed by atoms with E-state index in [9.17, 15) is 8.42 Å². The third kappa shape index (κ3) is 3.22. The second-order valence-corrected chi connectivity index (χ2v) is 5.04. The molecule has 1 fully saturated rings. The summed E-state index contributed by atoms with van der Waals surface area (Å²) >= 11 is 0. The zero-order valence-corrected chi connectivity index (χ0v) is 8.63. The van der Waals surface area contributed by atoms with Gasteiger partial charge in [0.15, 0.2) is 6.29 Å². The molecule has 1 rings (SSSR count). The van der Waals surface area contributed by atoms with Crippen LogP contribution >= 0.6 is 0 Å². The molecule has 0 spiro atoms. The highest BCUT2D eigenvalue weighted by Crippen LogP contribution is 2.27. The molecule has 0 radical (unpaired) electrons. The first-order valence-corrected chi connectivity index (χ1v) is 5.69. The van der Waals surface area contributed by atoms with Gasteiger partial charge < -0.3 is 9.47 Å². The van der Waals surface area contributed by atoms with Crippen LogP contribution in [-0.2, 0) is 19.5 Å². The standard InChI is InChI=1S/C7H15NO4S/c1-11-7(12-2)5-8-13(9,10)6-3-4-6/h6-8H,3-5H2,1-2H3. The molecule has 0 saturated heterocycles. The summed E-state index contributed by atoms with van der Waals surface area (Å²) < 4.78 is 34.8. The Morgan fingerprint density at radius 2 is 1.92 bits per heavy atom. The van der Waals surface area contributed by atoms with Crippen LogP contribution in [0.25, 0.3) is 0 Å². The molecule has 0 amide bonds. The van der Waals surface area contributed by atoms with E-state index in [2.05, 4.69) is 4.72 Å². The first-order chi connectivity index (χ1) is 6.10. The third-order valence-electron chi connectivity index (χ3n) is 1.94. The van der Waals surface area contributed by atoms with Gasteiger partial charge in [-0.2, -0.15) is 0 Å². The molecule has 0 aromatic rings. The summed E-state index contributed by atoms with van der Waals surface area (Å²) in [6.07, 6.45) is 1.02. The van der Waals surface area contributed by atoms with Crippen LogP contribution in [0.15, 0.2) is 0 Å². The Hall–Kier alpha value is -0.170. The monoisotopic (exact) mass is 209 g/mol. The normalized spacial score (nSPS) is 18.1. The highest BCUT2D eigenvalue weighted by atomic mass is 32.2. The Balaban J connectivity index is 2.32. The average Bonchev–Trinajstić information content (AvgIpc) is 2.88. The SMILES string of the molecule is COC(CNS(=O)(=O)C1CC1)OC. The average molecular weight is 209 g/mol. The molecular formula is C7H15NO4S. The summed E-state index contributed by atoms with van der Waals surface area (Å²) in [6, 6.07) is 0. The molecule has 0 unspecified atom stereocenters. The summed E-state index contributed by atoms with van der Waals surface area (Å²) in [6.45, 7) is 0.172. The second kappa shape index (κ2) is 4.36. The Labute approximate surface area is 78.5 Å². The molecule has 6 heteroatoms. The zero-order valence-electron chi connectivity index (χ0n) is 7.82. The summed E-state index contributed by atoms with van der Waals surface area (Å²) in [5.41, 5.74) is 0. The summed E-state index contributed by atoms with van der Waals surface area (Å²) in [5, 5.41) is -0.193. The second-order valence-electron chi connectivity index (χ2n) is 2.99. The molecule has 1 N–H and O–H groups in total. The van der Waals surface area contributed by atoms with Gasteiger partial charge in [0.2, 0.25) is 10.0 Å². The number of hydrogen-bond acceptors (Lipinski definition) is 4. The summed E-state index contributed by atoms with van der Waals surface area (Å²) in [4.78, 5) is 0. The van der Waals surface area contributed by atoms with Crippen LogP contribution in [-0.4, -0.2) is 40.7 Å². The minimum absolute atomic E-state index is 0.172. The first-order valence-electron chi connectivity index (χ1n) is 4.14. The molecule has 0 heterocycles. The summed E-state index contributed by atoms with van der Waals surface area (Å²) in [7, 11) is -0.169. The molecular weight excluding hydrogens is 194 g/mol. The van der Waals surface area contributed by atoms with E-state index < -0.39 is 16.3 Å². The summed E-state index contributed by atoms with van der Waals surface area (Å²) in [5.74, 6) is 0. The van der Waals surface area contributed by atoms with Crippen LogP contribution in [0.4, 0.5) is 0 Å². The Morgan fingerprint density at radius 1 is 1.38 bits per heavy atom. The maximum absolute atomic E-state index is 11.3. The molecule has 78 valence electrons. The fourth-order valence-electron chi connectivity index (χ4n) is 0.943. The van der Waals surface area contributed by atoms with Gasteiger partial charge in [0, 0.05) is 14.2 Å². The number of rotatable bonds is 6. The van der Waals surface area contributed by atoms with Crippen molar-refractivity contribution >= 4 is 10.0 Å². The number of ether oxygens (including phenoxy) is 2. The van der Waals surface area contributed by atoms with E-state index in [1.807, 2.05) is 0 Å². The Kier molecular flexibility index (Phi) is 3.66. The maximum atomic E-state index is 11.3. The van der Waals surface area contributed by atoms with Crippen molar-refractivity contribution in [2.45, 2.75) is 24.4 Å². The fourth-order valence-corrected chi connectivity index (χ4v) is 2.30. The minimum Gasteiger partial charge on any atom is -0.355 e. The van der Waals surface area contributed by atoms with Crippen molar-refractivity contribution in [1.29, 1.82) is 0 Å². The van der Waals surface area contributed by atoms with Crippen LogP contribution in [0.3, 0.4) is 0 Å². The lowest BCUT2D eigenvalue weighted by atomic mass is 10.6. The lowest BCUT2D eigenvalue weighted by Crippen LogP contribution is -2.35. The van der Waals surface area contributed by atoms with E-state index >= 15 is 0 Å². The number of methoxy groups -OCH3 is 2. The van der Waals surface area contributed by atoms with E-state index in [0.29, 0.717) is 0 Å². The topological polar surface area (TPSA) is 64.6 Å². The van der Waals surface area contributed by atoms with Crippen LogP contribution in [0.1, 0.15) is 12.8 Å². The number of hydrogen-bond donors (Lipinski definition) is 1. The lowest BCUT2D eigenvalue weighted by Gasteiger charge is -2.13. The molecule has 1 aliphatic rings. The smallest absolute Gasteiger partial charge is 0.214 e. The van der Waals surface area contributed by atoms with Crippen molar-refractivity contribution in [3.8, 4) is 0 Å². The molecule has 0 aromatic heterocycles. The lowest BCUT2D eigenvalue weighted by molar-refractivity contribution is -0.0960. The van der Waals surface area contributed by atoms with Crippen molar-refractivity contribution in [3.63, 3.8) is 0 Å². The van der Waals surface area contributed by atoms with Gasteiger partial charge in [-0.25, -0.2) is 13.1 Å². The van der Waals surface area contributed by atoms with Crippen LogP contribution in [0.2, 0.25) is 0 Å². The van der Waals surface area contributed by atoms with Crippen LogP contribution < -0.4 is 4.72 Å². The molecule has 1 aliphatic carbocycles. The predicted molar refractivity (Wildman–Crippen MR) is 47.8 cm³/mol. The molecule has 5 nitrogen and oxygen atoms in total. The van der Waals surface area contributed by atoms with E-state index in [-0.39, 0.29) is 11.8 Å². The molecule has 0 aromatic carbocycles. The van der Waals surface area contributed by atoms with E-state index in [1.54, 1.807) is 0 Å². The van der Waals surface area contributed by atoms with Gasteiger partial charge in [-0.05, 0) is 12.8 Å². The maximum Gasteiger partial charge on any atom is 0.214 e. The molecule has 1 saturated carbocycles. The molecule has 0 atom stereocenters. The van der Waals surface area contributed by atoms with Crippen molar-refractivity contribution in [3.05, 3.63) is 0 Å². The molecule has 0 aliphatic heterocycles. The van der Waals surface area contributed by atoms with Gasteiger partial charge in [-0.1, -0.05) is 0 Å². The largest absolute Gasteiger partial charge is 0.355 e. The highest BCUT2D eigenvalue weighted by Gasteiger charge is 2.35.